The minimum Gasteiger partial charge on any atom is -0.462 e. The van der Waals surface area contributed by atoms with Crippen LogP contribution in [0.1, 0.15) is 17.3 Å². The molecule has 0 bridgehead atoms. The van der Waals surface area contributed by atoms with E-state index in [4.69, 9.17) is 16.3 Å². The second-order valence-corrected chi connectivity index (χ2v) is 3.49. The molecule has 16 heavy (non-hydrogen) atoms. The van der Waals surface area contributed by atoms with Gasteiger partial charge in [-0.3, -0.25) is 5.10 Å². The van der Waals surface area contributed by atoms with Gasteiger partial charge < -0.3 is 4.74 Å². The summed E-state index contributed by atoms with van der Waals surface area (Å²) in [6, 6.07) is 2.51. The third-order valence-electron chi connectivity index (χ3n) is 2.07. The average molecular weight is 243 g/mol. The SMILES string of the molecule is CCOC(=O)c1cc(F)c2c(Cl)[nH]nc2c1. The van der Waals surface area contributed by atoms with Crippen molar-refractivity contribution in [3.05, 3.63) is 28.7 Å². The van der Waals surface area contributed by atoms with Crippen molar-refractivity contribution in [2.24, 2.45) is 0 Å². The fourth-order valence-electron chi connectivity index (χ4n) is 1.40. The van der Waals surface area contributed by atoms with Crippen LogP contribution in [0.2, 0.25) is 5.15 Å². The number of H-pyrrole nitrogens is 1. The number of nitrogens with zero attached hydrogens (tertiary/aromatic N) is 1. The Labute approximate surface area is 95.3 Å². The van der Waals surface area contributed by atoms with Crippen molar-refractivity contribution in [2.45, 2.75) is 6.92 Å². The van der Waals surface area contributed by atoms with Gasteiger partial charge in [0.05, 0.1) is 23.1 Å². The Hall–Kier alpha value is -1.62. The van der Waals surface area contributed by atoms with E-state index in [0.29, 0.717) is 5.52 Å². The lowest BCUT2D eigenvalue weighted by Crippen LogP contribution is -2.04. The molecule has 0 fully saturated rings. The van der Waals surface area contributed by atoms with Crippen molar-refractivity contribution in [3.8, 4) is 0 Å². The normalized spacial score (nSPS) is 10.7. The Bertz CT molecular complexity index is 553. The largest absolute Gasteiger partial charge is 0.462 e. The number of benzene rings is 1. The summed E-state index contributed by atoms with van der Waals surface area (Å²) in [5.41, 5.74) is 0.420. The van der Waals surface area contributed by atoms with E-state index >= 15 is 0 Å². The maximum absolute atomic E-state index is 13.6. The van der Waals surface area contributed by atoms with Crippen LogP contribution in [0.3, 0.4) is 0 Å². The van der Waals surface area contributed by atoms with E-state index < -0.39 is 11.8 Å². The lowest BCUT2D eigenvalue weighted by Gasteiger charge is -2.01. The number of fused-ring (bicyclic) bond motifs is 1. The molecule has 84 valence electrons. The molecule has 2 rings (SSSR count). The highest BCUT2D eigenvalue weighted by atomic mass is 35.5. The summed E-state index contributed by atoms with van der Waals surface area (Å²) in [5, 5.41) is 6.51. The van der Waals surface area contributed by atoms with Crippen LogP contribution < -0.4 is 0 Å². The van der Waals surface area contributed by atoms with E-state index in [2.05, 4.69) is 10.2 Å². The molecule has 0 spiro atoms. The van der Waals surface area contributed by atoms with Crippen molar-refractivity contribution < 1.29 is 13.9 Å². The Balaban J connectivity index is 2.54. The van der Waals surface area contributed by atoms with E-state index in [1.165, 1.54) is 6.07 Å². The average Bonchev–Trinajstić information content (AvgIpc) is 2.61. The van der Waals surface area contributed by atoms with Gasteiger partial charge in [-0.2, -0.15) is 5.10 Å². The van der Waals surface area contributed by atoms with Gasteiger partial charge in [0, 0.05) is 0 Å². The maximum atomic E-state index is 13.6. The predicted octanol–water partition coefficient (Wildman–Crippen LogP) is 2.53. The van der Waals surface area contributed by atoms with E-state index in [0.717, 1.165) is 6.07 Å². The van der Waals surface area contributed by atoms with Gasteiger partial charge in [0.2, 0.25) is 0 Å². The predicted molar refractivity (Wildman–Crippen MR) is 57.0 cm³/mol. The molecule has 0 saturated heterocycles. The van der Waals surface area contributed by atoms with Gasteiger partial charge in [-0.15, -0.1) is 0 Å². The lowest BCUT2D eigenvalue weighted by molar-refractivity contribution is 0.0526. The molecule has 1 aromatic carbocycles. The van der Waals surface area contributed by atoms with Crippen LogP contribution in [-0.4, -0.2) is 22.8 Å². The van der Waals surface area contributed by atoms with Crippen molar-refractivity contribution in [1.82, 2.24) is 10.2 Å². The summed E-state index contributed by atoms with van der Waals surface area (Å²) in [7, 11) is 0. The van der Waals surface area contributed by atoms with E-state index in [1.54, 1.807) is 6.92 Å². The zero-order valence-corrected chi connectivity index (χ0v) is 9.14. The Morgan fingerprint density at radius 1 is 1.62 bits per heavy atom. The monoisotopic (exact) mass is 242 g/mol. The molecule has 2 aromatic rings. The van der Waals surface area contributed by atoms with Crippen molar-refractivity contribution in [1.29, 1.82) is 0 Å². The van der Waals surface area contributed by atoms with E-state index in [1.807, 2.05) is 0 Å². The van der Waals surface area contributed by atoms with Crippen LogP contribution in [0.5, 0.6) is 0 Å². The van der Waals surface area contributed by atoms with Crippen LogP contribution in [0, 0.1) is 5.82 Å². The number of ether oxygens (including phenoxy) is 1. The Morgan fingerprint density at radius 3 is 3.06 bits per heavy atom. The molecule has 0 unspecified atom stereocenters. The van der Waals surface area contributed by atoms with Gasteiger partial charge >= 0.3 is 5.97 Å². The number of hydrogen-bond acceptors (Lipinski definition) is 3. The Morgan fingerprint density at radius 2 is 2.38 bits per heavy atom. The molecule has 1 N–H and O–H groups in total. The second kappa shape index (κ2) is 4.09. The molecule has 0 amide bonds. The fourth-order valence-corrected chi connectivity index (χ4v) is 1.62. The smallest absolute Gasteiger partial charge is 0.338 e. The standard InChI is InChI=1S/C10H8ClFN2O2/c1-2-16-10(15)5-3-6(12)8-7(4-5)13-14-9(8)11/h3-4H,2H2,1H3,(H,13,14). The number of aromatic nitrogens is 2. The van der Waals surface area contributed by atoms with Crippen LogP contribution in [0.4, 0.5) is 4.39 Å². The summed E-state index contributed by atoms with van der Waals surface area (Å²) < 4.78 is 18.4. The molecule has 0 radical (unpaired) electrons. The third kappa shape index (κ3) is 1.74. The first-order valence-corrected chi connectivity index (χ1v) is 5.01. The number of halogens is 2. The van der Waals surface area contributed by atoms with Gasteiger partial charge in [-0.1, -0.05) is 11.6 Å². The highest BCUT2D eigenvalue weighted by molar-refractivity contribution is 6.34. The van der Waals surface area contributed by atoms with Crippen molar-refractivity contribution in [3.63, 3.8) is 0 Å². The number of aromatic amines is 1. The molecular weight excluding hydrogens is 235 g/mol. The number of esters is 1. The summed E-state index contributed by atoms with van der Waals surface area (Å²) in [4.78, 5) is 11.4. The van der Waals surface area contributed by atoms with Crippen LogP contribution in [0.25, 0.3) is 10.9 Å². The second-order valence-electron chi connectivity index (χ2n) is 3.11. The molecular formula is C10H8ClFN2O2. The number of carbonyl (C=O) groups excluding carboxylic acids is 1. The number of carbonyl (C=O) groups is 1. The molecule has 0 aliphatic heterocycles. The first kappa shape index (κ1) is 10.9. The fraction of sp³-hybridized carbons (Fsp3) is 0.200. The molecule has 4 nitrogen and oxygen atoms in total. The minimum atomic E-state index is -0.598. The van der Waals surface area contributed by atoms with Gasteiger partial charge in [-0.25, -0.2) is 9.18 Å². The first-order valence-electron chi connectivity index (χ1n) is 4.63. The molecule has 0 atom stereocenters. The van der Waals surface area contributed by atoms with E-state index in [9.17, 15) is 9.18 Å². The first-order chi connectivity index (χ1) is 7.63. The zero-order chi connectivity index (χ0) is 11.7. The quantitative estimate of drug-likeness (QED) is 0.824. The third-order valence-corrected chi connectivity index (χ3v) is 2.35. The summed E-state index contributed by atoms with van der Waals surface area (Å²) >= 11 is 5.70. The van der Waals surface area contributed by atoms with Gasteiger partial charge in [0.1, 0.15) is 11.0 Å². The molecule has 0 aliphatic rings. The Kier molecular flexibility index (Phi) is 2.78. The van der Waals surface area contributed by atoms with Crippen molar-refractivity contribution >= 4 is 28.5 Å². The summed E-state index contributed by atoms with van der Waals surface area (Å²) in [6.45, 7) is 1.91. The number of hydrogen-bond donors (Lipinski definition) is 1. The molecule has 6 heteroatoms. The van der Waals surface area contributed by atoms with Crippen molar-refractivity contribution in [2.75, 3.05) is 6.61 Å². The molecule has 1 heterocycles. The lowest BCUT2D eigenvalue weighted by atomic mass is 10.1. The molecule has 0 aliphatic carbocycles. The minimum absolute atomic E-state index is 0.114. The summed E-state index contributed by atoms with van der Waals surface area (Å²) in [5.74, 6) is -1.18. The topological polar surface area (TPSA) is 55.0 Å². The van der Waals surface area contributed by atoms with Crippen LogP contribution in [0.15, 0.2) is 12.1 Å². The highest BCUT2D eigenvalue weighted by Crippen LogP contribution is 2.25. The highest BCUT2D eigenvalue weighted by Gasteiger charge is 2.15. The molecule has 0 saturated carbocycles. The van der Waals surface area contributed by atoms with Gasteiger partial charge in [-0.05, 0) is 19.1 Å². The van der Waals surface area contributed by atoms with Gasteiger partial charge in [0.25, 0.3) is 0 Å². The van der Waals surface area contributed by atoms with Crippen LogP contribution in [-0.2, 0) is 4.74 Å². The zero-order valence-electron chi connectivity index (χ0n) is 8.38. The van der Waals surface area contributed by atoms with E-state index in [-0.39, 0.29) is 22.7 Å². The maximum Gasteiger partial charge on any atom is 0.338 e. The van der Waals surface area contributed by atoms with Gasteiger partial charge in [0.15, 0.2) is 0 Å². The number of nitrogens with one attached hydrogen (secondary N) is 1. The number of rotatable bonds is 2. The van der Waals surface area contributed by atoms with Crippen LogP contribution >= 0.6 is 11.6 Å². The summed E-state index contributed by atoms with van der Waals surface area (Å²) in [6.07, 6.45) is 0. The molecule has 1 aromatic heterocycles.